The molecule has 0 saturated heterocycles. The van der Waals surface area contributed by atoms with E-state index in [1.54, 1.807) is 0 Å². The van der Waals surface area contributed by atoms with Crippen molar-refractivity contribution in [3.63, 3.8) is 0 Å². The molecule has 35 heavy (non-hydrogen) atoms. The van der Waals surface area contributed by atoms with E-state index in [0.29, 0.717) is 5.75 Å². The number of ether oxygens (including phenoxy) is 4. The van der Waals surface area contributed by atoms with E-state index in [9.17, 15) is 23.7 Å². The normalized spacial score (nSPS) is 11.5. The number of amides is 2. The standard InChI is InChI=1S/C20H33N2O11PS/c1-14(2)17(23)30-8-6-21-19(25)32-12-16(13-35-11-5-10-34(27,28)29)33-20(26)22-7-9-31-18(24)15(3)4/h16H,1,3,5-13H2,2,4H3,(H,21,25)(H,22,26)(H2,27,28,29). The number of hydrogen-bond donors (Lipinski definition) is 4. The van der Waals surface area contributed by atoms with Gasteiger partial charge in [0.1, 0.15) is 25.9 Å². The van der Waals surface area contributed by atoms with Gasteiger partial charge in [0.25, 0.3) is 0 Å². The fraction of sp³-hybridized carbons (Fsp3) is 0.600. The van der Waals surface area contributed by atoms with Gasteiger partial charge in [-0.25, -0.2) is 19.2 Å². The van der Waals surface area contributed by atoms with E-state index in [-0.39, 0.29) is 62.4 Å². The maximum absolute atomic E-state index is 12.0. The molecule has 0 spiro atoms. The molecular weight excluding hydrogens is 507 g/mol. The molecule has 15 heteroatoms. The molecule has 13 nitrogen and oxygen atoms in total. The van der Waals surface area contributed by atoms with Crippen LogP contribution in [0.25, 0.3) is 0 Å². The highest BCUT2D eigenvalue weighted by Gasteiger charge is 2.18. The van der Waals surface area contributed by atoms with Crippen molar-refractivity contribution in [2.24, 2.45) is 0 Å². The van der Waals surface area contributed by atoms with Crippen molar-refractivity contribution in [1.29, 1.82) is 0 Å². The molecule has 0 rings (SSSR count). The Morgan fingerprint density at radius 1 is 0.914 bits per heavy atom. The Hall–Kier alpha value is -2.54. The molecule has 0 heterocycles. The largest absolute Gasteiger partial charge is 0.460 e. The lowest BCUT2D eigenvalue weighted by molar-refractivity contribution is -0.139. The summed E-state index contributed by atoms with van der Waals surface area (Å²) in [6.07, 6.45) is -2.58. The second-order valence-electron chi connectivity index (χ2n) is 7.13. The van der Waals surface area contributed by atoms with E-state index >= 15 is 0 Å². The SMILES string of the molecule is C=C(C)C(=O)OCCNC(=O)OCC(CSCCCP(=O)(O)O)OC(=O)NCCOC(=O)C(=C)C. The summed E-state index contributed by atoms with van der Waals surface area (Å²) in [6, 6.07) is 0. The predicted octanol–water partition coefficient (Wildman–Crippen LogP) is 1.35. The first-order chi connectivity index (χ1) is 16.3. The molecule has 0 saturated carbocycles. The fourth-order valence-corrected chi connectivity index (χ4v) is 3.68. The van der Waals surface area contributed by atoms with Crippen molar-refractivity contribution in [2.75, 3.05) is 50.6 Å². The minimum Gasteiger partial charge on any atom is -0.460 e. The number of carbonyl (C=O) groups is 4. The van der Waals surface area contributed by atoms with Gasteiger partial charge in [0, 0.05) is 16.9 Å². The maximum Gasteiger partial charge on any atom is 0.407 e. The van der Waals surface area contributed by atoms with Crippen molar-refractivity contribution < 1.29 is 52.5 Å². The molecule has 0 radical (unpaired) electrons. The topological polar surface area (TPSA) is 187 Å². The number of rotatable bonds is 17. The Morgan fingerprint density at radius 2 is 1.43 bits per heavy atom. The van der Waals surface area contributed by atoms with Crippen LogP contribution in [0, 0.1) is 0 Å². The smallest absolute Gasteiger partial charge is 0.407 e. The Balaban J connectivity index is 4.50. The zero-order valence-electron chi connectivity index (χ0n) is 19.8. The highest BCUT2D eigenvalue weighted by Crippen LogP contribution is 2.35. The average Bonchev–Trinajstić information content (AvgIpc) is 2.76. The molecule has 4 N–H and O–H groups in total. The Morgan fingerprint density at radius 3 is 1.91 bits per heavy atom. The molecule has 0 aliphatic rings. The average molecular weight is 541 g/mol. The summed E-state index contributed by atoms with van der Waals surface area (Å²) in [6.45, 7) is 9.30. The van der Waals surface area contributed by atoms with E-state index in [1.807, 2.05) is 0 Å². The van der Waals surface area contributed by atoms with E-state index in [0.717, 1.165) is 0 Å². The third kappa shape index (κ3) is 19.5. The molecular formula is C20H33N2O11PS. The summed E-state index contributed by atoms with van der Waals surface area (Å²) in [7, 11) is -4.10. The zero-order chi connectivity index (χ0) is 26.9. The summed E-state index contributed by atoms with van der Waals surface area (Å²) in [5.41, 5.74) is 0.436. The number of esters is 2. The minimum atomic E-state index is -4.10. The molecule has 0 aromatic rings. The maximum atomic E-state index is 12.0. The van der Waals surface area contributed by atoms with Crippen LogP contribution in [0.4, 0.5) is 9.59 Å². The predicted molar refractivity (Wildman–Crippen MR) is 128 cm³/mol. The van der Waals surface area contributed by atoms with Crippen LogP contribution in [0.15, 0.2) is 24.3 Å². The second-order valence-corrected chi connectivity index (χ2v) is 10.1. The van der Waals surface area contributed by atoms with Gasteiger partial charge >= 0.3 is 31.7 Å². The first-order valence-corrected chi connectivity index (χ1v) is 13.4. The van der Waals surface area contributed by atoms with Gasteiger partial charge in [-0.15, -0.1) is 0 Å². The molecule has 0 bridgehead atoms. The van der Waals surface area contributed by atoms with Crippen molar-refractivity contribution >= 4 is 43.5 Å². The number of hydrogen-bond acceptors (Lipinski definition) is 10. The van der Waals surface area contributed by atoms with Crippen LogP contribution in [0.1, 0.15) is 20.3 Å². The van der Waals surface area contributed by atoms with Crippen LogP contribution < -0.4 is 10.6 Å². The Labute approximate surface area is 208 Å². The molecule has 0 aliphatic carbocycles. The third-order valence-electron chi connectivity index (χ3n) is 3.62. The summed E-state index contributed by atoms with van der Waals surface area (Å²) in [5, 5.41) is 4.75. The van der Waals surface area contributed by atoms with Gasteiger partial charge in [-0.3, -0.25) is 4.57 Å². The monoisotopic (exact) mass is 540 g/mol. The van der Waals surface area contributed by atoms with Crippen LogP contribution in [0.3, 0.4) is 0 Å². The van der Waals surface area contributed by atoms with Gasteiger partial charge in [-0.1, -0.05) is 13.2 Å². The van der Waals surface area contributed by atoms with Gasteiger partial charge in [-0.2, -0.15) is 11.8 Å². The molecule has 0 fully saturated rings. The second kappa shape index (κ2) is 17.8. The number of thioether (sulfide) groups is 1. The van der Waals surface area contributed by atoms with Crippen LogP contribution in [0.5, 0.6) is 0 Å². The molecule has 0 aromatic carbocycles. The Bertz CT molecular complexity index is 800. The van der Waals surface area contributed by atoms with E-state index in [1.165, 1.54) is 25.6 Å². The highest BCUT2D eigenvalue weighted by molar-refractivity contribution is 7.99. The lowest BCUT2D eigenvalue weighted by Gasteiger charge is -2.18. The first-order valence-electron chi connectivity index (χ1n) is 10.4. The summed E-state index contributed by atoms with van der Waals surface area (Å²) >= 11 is 1.25. The van der Waals surface area contributed by atoms with Gasteiger partial charge in [0.15, 0.2) is 0 Å². The number of nitrogens with one attached hydrogen (secondary N) is 2. The van der Waals surface area contributed by atoms with Crippen LogP contribution in [0.2, 0.25) is 0 Å². The molecule has 2 amide bonds. The number of carbonyl (C=O) groups excluding carboxylic acids is 4. The summed E-state index contributed by atoms with van der Waals surface area (Å²) in [5.74, 6) is -0.629. The van der Waals surface area contributed by atoms with E-state index in [4.69, 9.17) is 28.7 Å². The summed E-state index contributed by atoms with van der Waals surface area (Å²) < 4.78 is 30.8. The quantitative estimate of drug-likeness (QED) is 0.0683. The van der Waals surface area contributed by atoms with Crippen molar-refractivity contribution in [2.45, 2.75) is 26.4 Å². The van der Waals surface area contributed by atoms with E-state index < -0.39 is 37.8 Å². The third-order valence-corrected chi connectivity index (χ3v) is 5.71. The van der Waals surface area contributed by atoms with Crippen molar-refractivity contribution in [3.05, 3.63) is 24.3 Å². The molecule has 1 unspecified atom stereocenters. The van der Waals surface area contributed by atoms with E-state index in [2.05, 4.69) is 23.8 Å². The van der Waals surface area contributed by atoms with Crippen LogP contribution in [-0.2, 0) is 33.1 Å². The molecule has 0 aromatic heterocycles. The van der Waals surface area contributed by atoms with Gasteiger partial charge in [-0.05, 0) is 26.0 Å². The Kier molecular flexibility index (Phi) is 16.5. The van der Waals surface area contributed by atoms with Crippen LogP contribution in [-0.4, -0.2) is 90.6 Å². The van der Waals surface area contributed by atoms with Gasteiger partial charge in [0.2, 0.25) is 0 Å². The fourth-order valence-electron chi connectivity index (χ4n) is 1.96. The van der Waals surface area contributed by atoms with Gasteiger partial charge < -0.3 is 39.4 Å². The number of alkyl carbamates (subject to hydrolysis) is 2. The van der Waals surface area contributed by atoms with Gasteiger partial charge in [0.05, 0.1) is 19.3 Å². The zero-order valence-corrected chi connectivity index (χ0v) is 21.5. The lowest BCUT2D eigenvalue weighted by Crippen LogP contribution is -2.37. The highest BCUT2D eigenvalue weighted by atomic mass is 32.2. The summed E-state index contributed by atoms with van der Waals surface area (Å²) in [4.78, 5) is 64.2. The molecule has 0 aliphatic heterocycles. The first kappa shape index (κ1) is 32.5. The molecule has 1 atom stereocenters. The van der Waals surface area contributed by atoms with Crippen molar-refractivity contribution in [1.82, 2.24) is 10.6 Å². The van der Waals surface area contributed by atoms with Crippen LogP contribution >= 0.6 is 19.4 Å². The van der Waals surface area contributed by atoms with Crippen molar-refractivity contribution in [3.8, 4) is 0 Å². The minimum absolute atomic E-state index is 0.0100. The lowest BCUT2D eigenvalue weighted by atomic mass is 10.4. The molecule has 200 valence electrons.